The third-order valence-corrected chi connectivity index (χ3v) is 5.55. The van der Waals surface area contributed by atoms with Gasteiger partial charge in [-0.25, -0.2) is 0 Å². The minimum absolute atomic E-state index is 0.256. The summed E-state index contributed by atoms with van der Waals surface area (Å²) in [6.07, 6.45) is 0.657. The first-order chi connectivity index (χ1) is 12.1. The molecule has 5 nitrogen and oxygen atoms in total. The highest BCUT2D eigenvalue weighted by atomic mass is 35.5. The fraction of sp³-hybridized carbons (Fsp3) is 0.611. The smallest absolute Gasteiger partial charge is 0.223 e. The van der Waals surface area contributed by atoms with Gasteiger partial charge < -0.3 is 14.5 Å². The lowest BCUT2D eigenvalue weighted by Gasteiger charge is -2.37. The molecule has 0 aliphatic carbocycles. The molecule has 25 heavy (non-hydrogen) atoms. The van der Waals surface area contributed by atoms with Crippen molar-refractivity contribution in [2.24, 2.45) is 5.92 Å². The quantitative estimate of drug-likeness (QED) is 0.753. The molecule has 1 aromatic carbocycles. The van der Waals surface area contributed by atoms with E-state index in [0.29, 0.717) is 30.5 Å². The predicted octanol–water partition coefficient (Wildman–Crippen LogP) is 2.61. The van der Waals surface area contributed by atoms with Gasteiger partial charge in [0.25, 0.3) is 0 Å². The van der Waals surface area contributed by atoms with Crippen LogP contribution in [0.4, 0.5) is 5.69 Å². The highest BCUT2D eigenvalue weighted by Gasteiger charge is 2.31. The number of piperazine rings is 1. The van der Waals surface area contributed by atoms with Crippen LogP contribution in [0.5, 0.6) is 0 Å². The van der Waals surface area contributed by atoms with Gasteiger partial charge in [-0.3, -0.25) is 9.69 Å². The number of nitrogens with zero attached hydrogens (tertiary/aromatic N) is 3. The van der Waals surface area contributed by atoms with Crippen molar-refractivity contribution < 1.29 is 9.53 Å². The van der Waals surface area contributed by atoms with Gasteiger partial charge in [-0.1, -0.05) is 23.2 Å². The first kappa shape index (κ1) is 18.8. The highest BCUT2D eigenvalue weighted by molar-refractivity contribution is 6.35. The second-order valence-corrected chi connectivity index (χ2v) is 7.63. The van der Waals surface area contributed by atoms with Gasteiger partial charge in [-0.15, -0.1) is 0 Å². The molecule has 1 amide bonds. The Kier molecular flexibility index (Phi) is 6.44. The maximum absolute atomic E-state index is 12.1. The standard InChI is InChI=1S/C18H25Cl2N3O2/c1-25-9-8-23-13-14(10-18(23)24)12-21-4-6-22(7-5-21)17-11-15(19)2-3-16(17)20/h2-3,11,14H,4-10,12-13H2,1H3/t14-/m1/s1. The molecular formula is C18H25Cl2N3O2. The predicted molar refractivity (Wildman–Crippen MR) is 102 cm³/mol. The number of likely N-dealkylation sites (tertiary alicyclic amines) is 1. The zero-order valence-electron chi connectivity index (χ0n) is 14.6. The molecule has 1 aromatic rings. The van der Waals surface area contributed by atoms with E-state index >= 15 is 0 Å². The summed E-state index contributed by atoms with van der Waals surface area (Å²) < 4.78 is 5.08. The van der Waals surface area contributed by atoms with Gasteiger partial charge >= 0.3 is 0 Å². The van der Waals surface area contributed by atoms with E-state index in [0.717, 1.165) is 50.0 Å². The molecule has 2 aliphatic rings. The van der Waals surface area contributed by atoms with Gasteiger partial charge in [0.2, 0.25) is 5.91 Å². The van der Waals surface area contributed by atoms with E-state index < -0.39 is 0 Å². The maximum Gasteiger partial charge on any atom is 0.223 e. The number of anilines is 1. The Morgan fingerprint density at radius 3 is 2.68 bits per heavy atom. The van der Waals surface area contributed by atoms with Gasteiger partial charge in [0.15, 0.2) is 0 Å². The molecule has 138 valence electrons. The van der Waals surface area contributed by atoms with E-state index in [9.17, 15) is 4.79 Å². The fourth-order valence-electron chi connectivity index (χ4n) is 3.66. The number of hydrogen-bond donors (Lipinski definition) is 0. The van der Waals surface area contributed by atoms with Gasteiger partial charge in [0.1, 0.15) is 0 Å². The Morgan fingerprint density at radius 1 is 1.20 bits per heavy atom. The number of hydrogen-bond acceptors (Lipinski definition) is 4. The van der Waals surface area contributed by atoms with Crippen LogP contribution in [-0.4, -0.2) is 75.2 Å². The number of carbonyl (C=O) groups excluding carboxylic acids is 1. The first-order valence-corrected chi connectivity index (χ1v) is 9.51. The van der Waals surface area contributed by atoms with Crippen molar-refractivity contribution in [1.29, 1.82) is 0 Å². The summed E-state index contributed by atoms with van der Waals surface area (Å²) in [6, 6.07) is 5.60. The van der Waals surface area contributed by atoms with Crippen molar-refractivity contribution in [3.05, 3.63) is 28.2 Å². The van der Waals surface area contributed by atoms with E-state index in [2.05, 4.69) is 9.80 Å². The average Bonchev–Trinajstić information content (AvgIpc) is 2.95. The van der Waals surface area contributed by atoms with E-state index in [1.54, 1.807) is 7.11 Å². The van der Waals surface area contributed by atoms with Crippen LogP contribution in [0.15, 0.2) is 18.2 Å². The van der Waals surface area contributed by atoms with Crippen LogP contribution < -0.4 is 4.90 Å². The maximum atomic E-state index is 12.1. The third-order valence-electron chi connectivity index (χ3n) is 5.00. The van der Waals surface area contributed by atoms with Crippen molar-refractivity contribution >= 4 is 34.8 Å². The topological polar surface area (TPSA) is 36.0 Å². The molecule has 0 saturated carbocycles. The Bertz CT molecular complexity index is 606. The average molecular weight is 386 g/mol. The summed E-state index contributed by atoms with van der Waals surface area (Å²) in [6.45, 7) is 6.94. The van der Waals surface area contributed by atoms with Crippen LogP contribution in [0.1, 0.15) is 6.42 Å². The van der Waals surface area contributed by atoms with Crippen molar-refractivity contribution in [2.45, 2.75) is 6.42 Å². The Labute approximate surface area is 159 Å². The first-order valence-electron chi connectivity index (χ1n) is 8.76. The third kappa shape index (κ3) is 4.79. The normalized spacial score (nSPS) is 22.0. The molecule has 0 radical (unpaired) electrons. The van der Waals surface area contributed by atoms with Crippen molar-refractivity contribution in [3.8, 4) is 0 Å². The highest BCUT2D eigenvalue weighted by Crippen LogP contribution is 2.30. The molecule has 2 fully saturated rings. The second-order valence-electron chi connectivity index (χ2n) is 6.79. The number of amides is 1. The molecule has 0 unspecified atom stereocenters. The molecule has 7 heteroatoms. The summed E-state index contributed by atoms with van der Waals surface area (Å²) in [5, 5.41) is 1.45. The lowest BCUT2D eigenvalue weighted by molar-refractivity contribution is -0.128. The summed E-state index contributed by atoms with van der Waals surface area (Å²) in [4.78, 5) is 18.7. The van der Waals surface area contributed by atoms with Gasteiger partial charge in [-0.2, -0.15) is 0 Å². The molecule has 0 spiro atoms. The van der Waals surface area contributed by atoms with Crippen molar-refractivity contribution in [3.63, 3.8) is 0 Å². The van der Waals surface area contributed by atoms with Crippen LogP contribution in [0.25, 0.3) is 0 Å². The van der Waals surface area contributed by atoms with E-state index in [1.807, 2.05) is 23.1 Å². The van der Waals surface area contributed by atoms with Gasteiger partial charge in [0, 0.05) is 64.4 Å². The summed E-state index contributed by atoms with van der Waals surface area (Å²) in [5.41, 5.74) is 1.01. The molecule has 0 aromatic heterocycles. The van der Waals surface area contributed by atoms with Gasteiger partial charge in [-0.05, 0) is 24.1 Å². The Morgan fingerprint density at radius 2 is 1.96 bits per heavy atom. The number of benzene rings is 1. The molecule has 2 aliphatic heterocycles. The zero-order chi connectivity index (χ0) is 17.8. The van der Waals surface area contributed by atoms with Crippen LogP contribution in [0.2, 0.25) is 10.0 Å². The number of carbonyl (C=O) groups is 1. The van der Waals surface area contributed by atoms with Gasteiger partial charge in [0.05, 0.1) is 17.3 Å². The Balaban J connectivity index is 1.48. The van der Waals surface area contributed by atoms with Crippen molar-refractivity contribution in [2.75, 3.05) is 64.4 Å². The minimum Gasteiger partial charge on any atom is -0.383 e. The number of methoxy groups -OCH3 is 1. The molecule has 3 rings (SSSR count). The number of ether oxygens (including phenoxy) is 1. The molecule has 1 atom stereocenters. The zero-order valence-corrected chi connectivity index (χ0v) is 16.1. The van der Waals surface area contributed by atoms with Crippen LogP contribution >= 0.6 is 23.2 Å². The summed E-state index contributed by atoms with van der Waals surface area (Å²) in [5.74, 6) is 0.678. The Hall–Kier alpha value is -1.01. The van der Waals surface area contributed by atoms with Crippen molar-refractivity contribution in [1.82, 2.24) is 9.80 Å². The fourth-order valence-corrected chi connectivity index (χ4v) is 4.06. The molecule has 2 saturated heterocycles. The molecule has 0 N–H and O–H groups in total. The minimum atomic E-state index is 0.256. The van der Waals surface area contributed by atoms with Crippen LogP contribution in [-0.2, 0) is 9.53 Å². The largest absolute Gasteiger partial charge is 0.383 e. The number of halogens is 2. The second kappa shape index (κ2) is 8.58. The number of rotatable bonds is 6. The van der Waals surface area contributed by atoms with Crippen LogP contribution in [0, 0.1) is 5.92 Å². The SMILES string of the molecule is COCCN1C[C@@H](CN2CCN(c3cc(Cl)ccc3Cl)CC2)CC1=O. The monoisotopic (exact) mass is 385 g/mol. The van der Waals surface area contributed by atoms with E-state index in [-0.39, 0.29) is 5.91 Å². The molecule has 2 heterocycles. The summed E-state index contributed by atoms with van der Waals surface area (Å²) >= 11 is 12.4. The lowest BCUT2D eigenvalue weighted by atomic mass is 10.1. The van der Waals surface area contributed by atoms with Crippen LogP contribution in [0.3, 0.4) is 0 Å². The molecule has 0 bridgehead atoms. The lowest BCUT2D eigenvalue weighted by Crippen LogP contribution is -2.48. The molecular weight excluding hydrogens is 361 g/mol. The summed E-state index contributed by atoms with van der Waals surface area (Å²) in [7, 11) is 1.67. The van der Waals surface area contributed by atoms with E-state index in [4.69, 9.17) is 27.9 Å². The van der Waals surface area contributed by atoms with E-state index in [1.165, 1.54) is 0 Å².